The lowest BCUT2D eigenvalue weighted by Gasteiger charge is -2.25. The third-order valence-electron chi connectivity index (χ3n) is 3.15. The minimum Gasteiger partial charge on any atom is -0.508 e. The van der Waals surface area contributed by atoms with Gasteiger partial charge in [-0.25, -0.2) is 0 Å². The van der Waals surface area contributed by atoms with Crippen molar-refractivity contribution in [2.75, 3.05) is 0 Å². The van der Waals surface area contributed by atoms with E-state index in [0.717, 1.165) is 12.3 Å². The molecule has 0 aromatic heterocycles. The number of rotatable bonds is 2. The second kappa shape index (κ2) is 5.02. The molecular formula is C13H17BrO. The molecule has 1 aromatic carbocycles. The van der Waals surface area contributed by atoms with E-state index in [2.05, 4.69) is 22.0 Å². The van der Waals surface area contributed by atoms with Gasteiger partial charge in [0, 0.05) is 4.83 Å². The van der Waals surface area contributed by atoms with E-state index >= 15 is 0 Å². The second-order valence-corrected chi connectivity index (χ2v) is 5.80. The predicted molar refractivity (Wildman–Crippen MR) is 66.5 cm³/mol. The molecule has 2 atom stereocenters. The minimum atomic E-state index is 0.388. The molecule has 1 saturated carbocycles. The van der Waals surface area contributed by atoms with Gasteiger partial charge in [-0.3, -0.25) is 0 Å². The number of halogens is 1. The maximum absolute atomic E-state index is 9.39. The zero-order chi connectivity index (χ0) is 10.7. The van der Waals surface area contributed by atoms with Crippen LogP contribution in [-0.2, 0) is 6.42 Å². The highest BCUT2D eigenvalue weighted by Crippen LogP contribution is 2.31. The number of hydrogen-bond donors (Lipinski definition) is 1. The van der Waals surface area contributed by atoms with E-state index in [9.17, 15) is 5.11 Å². The van der Waals surface area contributed by atoms with Crippen LogP contribution in [0.4, 0.5) is 0 Å². The molecule has 0 bridgehead atoms. The highest BCUT2D eigenvalue weighted by molar-refractivity contribution is 9.09. The van der Waals surface area contributed by atoms with Crippen molar-refractivity contribution < 1.29 is 5.11 Å². The Kier molecular flexibility index (Phi) is 3.68. The van der Waals surface area contributed by atoms with Gasteiger partial charge >= 0.3 is 0 Å². The van der Waals surface area contributed by atoms with Crippen LogP contribution in [0, 0.1) is 5.92 Å². The van der Waals surface area contributed by atoms with Crippen LogP contribution in [0.25, 0.3) is 0 Å². The number of alkyl halides is 1. The van der Waals surface area contributed by atoms with Crippen molar-refractivity contribution in [1.82, 2.24) is 0 Å². The van der Waals surface area contributed by atoms with E-state index in [1.54, 1.807) is 6.07 Å². The summed E-state index contributed by atoms with van der Waals surface area (Å²) in [6.07, 6.45) is 6.36. The Bertz CT molecular complexity index is 324. The Morgan fingerprint density at radius 3 is 2.93 bits per heavy atom. The van der Waals surface area contributed by atoms with Crippen LogP contribution < -0.4 is 0 Å². The van der Waals surface area contributed by atoms with Gasteiger partial charge in [0.25, 0.3) is 0 Å². The lowest BCUT2D eigenvalue weighted by molar-refractivity contribution is 0.367. The van der Waals surface area contributed by atoms with Crippen molar-refractivity contribution in [2.45, 2.75) is 36.9 Å². The molecule has 15 heavy (non-hydrogen) atoms. The third kappa shape index (κ3) is 3.23. The quantitative estimate of drug-likeness (QED) is 0.807. The van der Waals surface area contributed by atoms with E-state index in [1.165, 1.54) is 31.2 Å². The molecule has 0 amide bonds. The average Bonchev–Trinajstić information content (AvgIpc) is 2.17. The smallest absolute Gasteiger partial charge is 0.115 e. The fraction of sp³-hybridized carbons (Fsp3) is 0.538. The molecule has 0 radical (unpaired) electrons. The first-order valence-corrected chi connectivity index (χ1v) is 6.57. The summed E-state index contributed by atoms with van der Waals surface area (Å²) in [4.78, 5) is 0.702. The van der Waals surface area contributed by atoms with Crippen LogP contribution in [0.1, 0.15) is 31.2 Å². The van der Waals surface area contributed by atoms with Gasteiger partial charge in [-0.05, 0) is 42.9 Å². The average molecular weight is 269 g/mol. The molecule has 1 aliphatic carbocycles. The van der Waals surface area contributed by atoms with Crippen molar-refractivity contribution in [3.63, 3.8) is 0 Å². The van der Waals surface area contributed by atoms with Crippen LogP contribution in [0.15, 0.2) is 24.3 Å². The number of phenolic OH excluding ortho intramolecular Hbond substituents is 1. The highest BCUT2D eigenvalue weighted by Gasteiger charge is 2.19. The molecule has 1 aromatic rings. The summed E-state index contributed by atoms with van der Waals surface area (Å²) in [6, 6.07) is 7.66. The standard InChI is InChI=1S/C13H17BrO/c14-12-5-1-3-10(8-12)7-11-4-2-6-13(15)9-11/h2,4,6,9-10,12,15H,1,3,5,7-8H2. The molecule has 1 aliphatic rings. The van der Waals surface area contributed by atoms with Gasteiger partial charge in [0.05, 0.1) is 0 Å². The summed E-state index contributed by atoms with van der Waals surface area (Å²) >= 11 is 3.71. The van der Waals surface area contributed by atoms with Gasteiger partial charge in [-0.2, -0.15) is 0 Å². The lowest BCUT2D eigenvalue weighted by Crippen LogP contribution is -2.16. The Morgan fingerprint density at radius 2 is 2.20 bits per heavy atom. The fourth-order valence-electron chi connectivity index (χ4n) is 2.43. The number of phenols is 1. The van der Waals surface area contributed by atoms with Gasteiger partial charge in [0.2, 0.25) is 0 Å². The van der Waals surface area contributed by atoms with Gasteiger partial charge in [0.15, 0.2) is 0 Å². The van der Waals surface area contributed by atoms with Crippen LogP contribution in [-0.4, -0.2) is 9.93 Å². The van der Waals surface area contributed by atoms with E-state index in [4.69, 9.17) is 0 Å². The van der Waals surface area contributed by atoms with Crippen molar-refractivity contribution in [1.29, 1.82) is 0 Å². The second-order valence-electron chi connectivity index (χ2n) is 4.50. The van der Waals surface area contributed by atoms with Crippen molar-refractivity contribution in [3.8, 4) is 5.75 Å². The van der Waals surface area contributed by atoms with Gasteiger partial charge in [-0.15, -0.1) is 0 Å². The topological polar surface area (TPSA) is 20.2 Å². The minimum absolute atomic E-state index is 0.388. The first-order chi connectivity index (χ1) is 7.24. The summed E-state index contributed by atoms with van der Waals surface area (Å²) < 4.78 is 0. The molecule has 2 unspecified atom stereocenters. The molecule has 0 spiro atoms. The SMILES string of the molecule is Oc1cccc(CC2CCCC(Br)C2)c1. The Morgan fingerprint density at radius 1 is 1.33 bits per heavy atom. The molecule has 2 heteroatoms. The molecule has 82 valence electrons. The monoisotopic (exact) mass is 268 g/mol. The molecule has 0 heterocycles. The van der Waals surface area contributed by atoms with Gasteiger partial charge in [0.1, 0.15) is 5.75 Å². The molecule has 1 N–H and O–H groups in total. The largest absolute Gasteiger partial charge is 0.508 e. The summed E-state index contributed by atoms with van der Waals surface area (Å²) in [7, 11) is 0. The summed E-state index contributed by atoms with van der Waals surface area (Å²) in [5, 5.41) is 9.39. The maximum atomic E-state index is 9.39. The normalized spacial score (nSPS) is 26.5. The van der Waals surface area contributed by atoms with Gasteiger partial charge in [-0.1, -0.05) is 40.9 Å². The Balaban J connectivity index is 1.96. The summed E-state index contributed by atoms with van der Waals surface area (Å²) in [5.41, 5.74) is 1.27. The van der Waals surface area contributed by atoms with Crippen molar-refractivity contribution >= 4 is 15.9 Å². The third-order valence-corrected chi connectivity index (χ3v) is 3.99. The van der Waals surface area contributed by atoms with Crippen LogP contribution in [0.5, 0.6) is 5.75 Å². The summed E-state index contributed by atoms with van der Waals surface area (Å²) in [6.45, 7) is 0. The molecule has 0 saturated heterocycles. The highest BCUT2D eigenvalue weighted by atomic mass is 79.9. The summed E-state index contributed by atoms with van der Waals surface area (Å²) in [5.74, 6) is 1.17. The fourth-order valence-corrected chi connectivity index (χ4v) is 3.28. The van der Waals surface area contributed by atoms with Crippen LogP contribution >= 0.6 is 15.9 Å². The van der Waals surface area contributed by atoms with Crippen molar-refractivity contribution in [2.24, 2.45) is 5.92 Å². The van der Waals surface area contributed by atoms with Crippen LogP contribution in [0.3, 0.4) is 0 Å². The number of hydrogen-bond acceptors (Lipinski definition) is 1. The van der Waals surface area contributed by atoms with E-state index in [1.807, 2.05) is 12.1 Å². The predicted octanol–water partition coefficient (Wildman–Crippen LogP) is 3.89. The number of benzene rings is 1. The zero-order valence-electron chi connectivity index (χ0n) is 8.82. The molecule has 1 nitrogen and oxygen atoms in total. The molecule has 2 rings (SSSR count). The van der Waals surface area contributed by atoms with Gasteiger partial charge < -0.3 is 5.11 Å². The zero-order valence-corrected chi connectivity index (χ0v) is 10.4. The van der Waals surface area contributed by atoms with E-state index in [-0.39, 0.29) is 0 Å². The number of aromatic hydroxyl groups is 1. The molecular weight excluding hydrogens is 252 g/mol. The molecule has 1 fully saturated rings. The first-order valence-electron chi connectivity index (χ1n) is 5.66. The lowest BCUT2D eigenvalue weighted by atomic mass is 9.85. The first kappa shape index (κ1) is 11.0. The van der Waals surface area contributed by atoms with E-state index in [0.29, 0.717) is 10.6 Å². The van der Waals surface area contributed by atoms with Crippen molar-refractivity contribution in [3.05, 3.63) is 29.8 Å². The molecule has 0 aliphatic heterocycles. The Labute approximate surface area is 99.6 Å². The van der Waals surface area contributed by atoms with Crippen LogP contribution in [0.2, 0.25) is 0 Å². The maximum Gasteiger partial charge on any atom is 0.115 e. The Hall–Kier alpha value is -0.500. The van der Waals surface area contributed by atoms with E-state index < -0.39 is 0 Å².